The van der Waals surface area contributed by atoms with Gasteiger partial charge in [0.2, 0.25) is 0 Å². The van der Waals surface area contributed by atoms with Gasteiger partial charge in [-0.1, -0.05) is 0 Å². The first-order valence-corrected chi connectivity index (χ1v) is 3.64. The average molecular weight is 165 g/mol. The zero-order chi connectivity index (χ0) is 6.85. The molecule has 0 bridgehead atoms. The van der Waals surface area contributed by atoms with Crippen LogP contribution in [0.1, 0.15) is 13.8 Å². The lowest BCUT2D eigenvalue weighted by atomic mass is 10.1. The van der Waals surface area contributed by atoms with Gasteiger partial charge >= 0.3 is 0 Å². The molecule has 0 aromatic rings. The summed E-state index contributed by atoms with van der Waals surface area (Å²) >= 11 is 0. The van der Waals surface area contributed by atoms with E-state index in [1.165, 1.54) is 0 Å². The van der Waals surface area contributed by atoms with Gasteiger partial charge in [0.1, 0.15) is 0 Å². The Morgan fingerprint density at radius 2 is 1.60 bits per heavy atom. The first-order chi connectivity index (χ1) is 4.22. The molecular weight excluding hydrogens is 148 g/mol. The van der Waals surface area contributed by atoms with E-state index >= 15 is 0 Å². The van der Waals surface area contributed by atoms with Crippen molar-refractivity contribution in [2.24, 2.45) is 0 Å². The summed E-state index contributed by atoms with van der Waals surface area (Å²) in [7, 11) is 2.19. The van der Waals surface area contributed by atoms with Crippen LogP contribution >= 0.6 is 12.4 Å². The van der Waals surface area contributed by atoms with Crippen molar-refractivity contribution in [2.45, 2.75) is 25.9 Å². The van der Waals surface area contributed by atoms with E-state index in [2.05, 4.69) is 31.1 Å². The predicted molar refractivity (Wildman–Crippen MR) is 46.8 cm³/mol. The molecule has 1 aliphatic heterocycles. The minimum atomic E-state index is 0. The fraction of sp³-hybridized carbons (Fsp3) is 1.00. The SMILES string of the molecule is CC1CNCC(C)N1C.Cl. The van der Waals surface area contributed by atoms with Gasteiger partial charge in [-0.15, -0.1) is 12.4 Å². The molecule has 0 aromatic carbocycles. The van der Waals surface area contributed by atoms with E-state index in [4.69, 9.17) is 0 Å². The second-order valence-corrected chi connectivity index (χ2v) is 3.02. The molecule has 2 unspecified atom stereocenters. The number of nitrogens with one attached hydrogen (secondary N) is 1. The molecule has 3 heteroatoms. The summed E-state index contributed by atoms with van der Waals surface area (Å²) < 4.78 is 0. The third-order valence-electron chi connectivity index (χ3n) is 2.27. The van der Waals surface area contributed by atoms with Gasteiger partial charge in [0.05, 0.1) is 0 Å². The van der Waals surface area contributed by atoms with E-state index in [1.54, 1.807) is 0 Å². The highest BCUT2D eigenvalue weighted by Crippen LogP contribution is 2.04. The second kappa shape index (κ2) is 4.16. The molecule has 1 N–H and O–H groups in total. The van der Waals surface area contributed by atoms with E-state index in [-0.39, 0.29) is 12.4 Å². The molecule has 0 spiro atoms. The number of nitrogens with zero attached hydrogens (tertiary/aromatic N) is 1. The molecular formula is C7H17ClN2. The summed E-state index contributed by atoms with van der Waals surface area (Å²) in [4.78, 5) is 2.41. The van der Waals surface area contributed by atoms with Crippen molar-refractivity contribution < 1.29 is 0 Å². The van der Waals surface area contributed by atoms with Gasteiger partial charge in [-0.3, -0.25) is 4.90 Å². The summed E-state index contributed by atoms with van der Waals surface area (Å²) in [6, 6.07) is 1.41. The maximum atomic E-state index is 3.37. The molecule has 1 aliphatic rings. The van der Waals surface area contributed by atoms with Gasteiger partial charge in [0.15, 0.2) is 0 Å². The van der Waals surface area contributed by atoms with Crippen molar-refractivity contribution in [1.82, 2.24) is 10.2 Å². The third kappa shape index (κ3) is 2.11. The Morgan fingerprint density at radius 1 is 1.20 bits per heavy atom. The fourth-order valence-electron chi connectivity index (χ4n) is 1.22. The fourth-order valence-corrected chi connectivity index (χ4v) is 1.22. The lowest BCUT2D eigenvalue weighted by Gasteiger charge is -2.36. The van der Waals surface area contributed by atoms with Gasteiger partial charge in [0.25, 0.3) is 0 Å². The summed E-state index contributed by atoms with van der Waals surface area (Å²) in [6.07, 6.45) is 0. The number of hydrogen-bond acceptors (Lipinski definition) is 2. The van der Waals surface area contributed by atoms with Crippen LogP contribution in [0.5, 0.6) is 0 Å². The van der Waals surface area contributed by atoms with Crippen LogP contribution in [-0.4, -0.2) is 37.1 Å². The Morgan fingerprint density at radius 3 is 1.90 bits per heavy atom. The standard InChI is InChI=1S/C7H16N2.ClH/c1-6-4-8-5-7(2)9(6)3;/h6-8H,4-5H2,1-3H3;1H. The number of rotatable bonds is 0. The summed E-state index contributed by atoms with van der Waals surface area (Å²) in [5.41, 5.74) is 0. The van der Waals surface area contributed by atoms with Crippen LogP contribution in [0, 0.1) is 0 Å². The predicted octanol–water partition coefficient (Wildman–Crippen LogP) is 0.720. The topological polar surface area (TPSA) is 15.3 Å². The molecule has 1 saturated heterocycles. The van der Waals surface area contributed by atoms with Crippen LogP contribution in [0.4, 0.5) is 0 Å². The molecule has 62 valence electrons. The molecule has 1 rings (SSSR count). The largest absolute Gasteiger partial charge is 0.314 e. The van der Waals surface area contributed by atoms with Crippen LogP contribution in [0.2, 0.25) is 0 Å². The molecule has 2 atom stereocenters. The van der Waals surface area contributed by atoms with E-state index in [1.807, 2.05) is 0 Å². The lowest BCUT2D eigenvalue weighted by molar-refractivity contribution is 0.152. The number of halogens is 1. The molecule has 0 saturated carbocycles. The van der Waals surface area contributed by atoms with Crippen molar-refractivity contribution in [3.63, 3.8) is 0 Å². The number of hydrogen-bond donors (Lipinski definition) is 1. The lowest BCUT2D eigenvalue weighted by Crippen LogP contribution is -2.52. The third-order valence-corrected chi connectivity index (χ3v) is 2.27. The normalized spacial score (nSPS) is 35.1. The Labute approximate surface area is 69.4 Å². The molecule has 1 fully saturated rings. The summed E-state index contributed by atoms with van der Waals surface area (Å²) in [5, 5.41) is 3.37. The van der Waals surface area contributed by atoms with Crippen LogP contribution in [0.25, 0.3) is 0 Å². The molecule has 10 heavy (non-hydrogen) atoms. The van der Waals surface area contributed by atoms with Crippen molar-refractivity contribution >= 4 is 12.4 Å². The van der Waals surface area contributed by atoms with Crippen molar-refractivity contribution in [1.29, 1.82) is 0 Å². The highest BCUT2D eigenvalue weighted by atomic mass is 35.5. The Balaban J connectivity index is 0.000000810. The number of likely N-dealkylation sites (N-methyl/N-ethyl adjacent to an activating group) is 1. The monoisotopic (exact) mass is 164 g/mol. The zero-order valence-electron chi connectivity index (χ0n) is 6.92. The van der Waals surface area contributed by atoms with Crippen molar-refractivity contribution in [3.8, 4) is 0 Å². The maximum absolute atomic E-state index is 3.37. The molecule has 1 heterocycles. The van der Waals surface area contributed by atoms with Crippen molar-refractivity contribution in [3.05, 3.63) is 0 Å². The van der Waals surface area contributed by atoms with E-state index in [9.17, 15) is 0 Å². The molecule has 0 aliphatic carbocycles. The summed E-state index contributed by atoms with van der Waals surface area (Å²) in [5.74, 6) is 0. The van der Waals surface area contributed by atoms with Crippen LogP contribution in [0.3, 0.4) is 0 Å². The van der Waals surface area contributed by atoms with Crippen LogP contribution in [-0.2, 0) is 0 Å². The van der Waals surface area contributed by atoms with E-state index in [0.717, 1.165) is 13.1 Å². The van der Waals surface area contributed by atoms with Gasteiger partial charge in [-0.05, 0) is 20.9 Å². The summed E-state index contributed by atoms with van der Waals surface area (Å²) in [6.45, 7) is 6.78. The van der Waals surface area contributed by atoms with Gasteiger partial charge in [-0.25, -0.2) is 0 Å². The molecule has 0 radical (unpaired) electrons. The number of piperazine rings is 1. The quantitative estimate of drug-likeness (QED) is 0.568. The van der Waals surface area contributed by atoms with Crippen LogP contribution in [0.15, 0.2) is 0 Å². The molecule has 0 aromatic heterocycles. The maximum Gasteiger partial charge on any atom is 0.0192 e. The van der Waals surface area contributed by atoms with E-state index in [0.29, 0.717) is 12.1 Å². The minimum absolute atomic E-state index is 0. The Kier molecular flexibility index (Phi) is 4.25. The van der Waals surface area contributed by atoms with Gasteiger partial charge in [0, 0.05) is 25.2 Å². The first kappa shape index (κ1) is 10.2. The smallest absolute Gasteiger partial charge is 0.0192 e. The van der Waals surface area contributed by atoms with E-state index < -0.39 is 0 Å². The average Bonchev–Trinajstić information content (AvgIpc) is 1.83. The highest BCUT2D eigenvalue weighted by molar-refractivity contribution is 5.85. The Hall–Kier alpha value is 0.210. The Bertz CT molecular complexity index is 87.6. The molecule has 0 amide bonds. The highest BCUT2D eigenvalue weighted by Gasteiger charge is 2.19. The minimum Gasteiger partial charge on any atom is -0.314 e. The zero-order valence-corrected chi connectivity index (χ0v) is 7.74. The molecule has 2 nitrogen and oxygen atoms in total. The van der Waals surface area contributed by atoms with Gasteiger partial charge < -0.3 is 5.32 Å². The second-order valence-electron chi connectivity index (χ2n) is 3.02. The van der Waals surface area contributed by atoms with Gasteiger partial charge in [-0.2, -0.15) is 0 Å². The van der Waals surface area contributed by atoms with Crippen LogP contribution < -0.4 is 5.32 Å². The first-order valence-electron chi connectivity index (χ1n) is 3.64. The van der Waals surface area contributed by atoms with Crippen molar-refractivity contribution in [2.75, 3.05) is 20.1 Å².